The van der Waals surface area contributed by atoms with E-state index in [4.69, 9.17) is 22.1 Å². The monoisotopic (exact) mass is 304 g/mol. The number of hydrogen-bond donors (Lipinski definition) is 2. The molecule has 4 nitrogen and oxygen atoms in total. The van der Waals surface area contributed by atoms with Gasteiger partial charge in [-0.05, 0) is 19.4 Å². The molecule has 0 saturated carbocycles. The molecule has 106 valence electrons. The second-order valence-electron chi connectivity index (χ2n) is 3.97. The van der Waals surface area contributed by atoms with Crippen LogP contribution >= 0.6 is 24.0 Å². The van der Waals surface area contributed by atoms with Crippen molar-refractivity contribution in [3.8, 4) is 5.75 Å². The standard InChI is InChI=1S/C13H17ClN2O2.ClH/c1-4-5-8(2)16-13(17)9-6-10(14)11(15)7-12(9)18-3;/h4,6-8H,1,5,15H2,2-3H3,(H,16,17);1H. The topological polar surface area (TPSA) is 64.4 Å². The fourth-order valence-corrected chi connectivity index (χ4v) is 1.69. The van der Waals surface area contributed by atoms with Gasteiger partial charge in [-0.3, -0.25) is 4.79 Å². The van der Waals surface area contributed by atoms with Gasteiger partial charge in [0.15, 0.2) is 0 Å². The van der Waals surface area contributed by atoms with Crippen molar-refractivity contribution in [1.29, 1.82) is 0 Å². The number of benzene rings is 1. The fraction of sp³-hybridized carbons (Fsp3) is 0.308. The Bertz CT molecular complexity index is 464. The Morgan fingerprint density at radius 1 is 1.63 bits per heavy atom. The van der Waals surface area contributed by atoms with Crippen LogP contribution in [0, 0.1) is 0 Å². The largest absolute Gasteiger partial charge is 0.496 e. The number of carbonyl (C=O) groups is 1. The molecule has 0 fully saturated rings. The van der Waals surface area contributed by atoms with Gasteiger partial charge in [0.2, 0.25) is 0 Å². The van der Waals surface area contributed by atoms with Crippen molar-refractivity contribution in [2.24, 2.45) is 0 Å². The molecule has 0 aromatic heterocycles. The van der Waals surface area contributed by atoms with Gasteiger partial charge in [-0.1, -0.05) is 17.7 Å². The van der Waals surface area contributed by atoms with Crippen LogP contribution in [0.1, 0.15) is 23.7 Å². The van der Waals surface area contributed by atoms with Gasteiger partial charge in [-0.15, -0.1) is 19.0 Å². The number of rotatable bonds is 5. The number of carbonyl (C=O) groups excluding carboxylic acids is 1. The second kappa shape index (κ2) is 7.92. The first-order chi connectivity index (χ1) is 8.49. The molecule has 0 aliphatic rings. The van der Waals surface area contributed by atoms with E-state index >= 15 is 0 Å². The summed E-state index contributed by atoms with van der Waals surface area (Å²) in [6.45, 7) is 5.52. The van der Waals surface area contributed by atoms with E-state index in [1.165, 1.54) is 19.2 Å². The van der Waals surface area contributed by atoms with E-state index < -0.39 is 0 Å². The number of halogens is 2. The maximum atomic E-state index is 12.0. The van der Waals surface area contributed by atoms with Crippen molar-refractivity contribution in [3.05, 3.63) is 35.4 Å². The Kier molecular flexibility index (Phi) is 7.34. The van der Waals surface area contributed by atoms with E-state index in [0.717, 1.165) is 0 Å². The Balaban J connectivity index is 0.00000324. The number of hydrogen-bond acceptors (Lipinski definition) is 3. The van der Waals surface area contributed by atoms with Crippen LogP contribution in [0.5, 0.6) is 5.75 Å². The summed E-state index contributed by atoms with van der Waals surface area (Å²) in [5.74, 6) is 0.156. The molecule has 0 heterocycles. The van der Waals surface area contributed by atoms with Crippen molar-refractivity contribution in [1.82, 2.24) is 5.32 Å². The molecule has 0 spiro atoms. The van der Waals surface area contributed by atoms with E-state index in [1.54, 1.807) is 6.08 Å². The van der Waals surface area contributed by atoms with Gasteiger partial charge >= 0.3 is 0 Å². The quantitative estimate of drug-likeness (QED) is 0.649. The molecule has 1 unspecified atom stereocenters. The zero-order valence-corrected chi connectivity index (χ0v) is 12.5. The van der Waals surface area contributed by atoms with Crippen LogP contribution in [-0.4, -0.2) is 19.1 Å². The van der Waals surface area contributed by atoms with Gasteiger partial charge in [0.25, 0.3) is 5.91 Å². The van der Waals surface area contributed by atoms with Crippen LogP contribution in [0.15, 0.2) is 24.8 Å². The first-order valence-corrected chi connectivity index (χ1v) is 5.92. The summed E-state index contributed by atoms with van der Waals surface area (Å²) in [4.78, 5) is 12.0. The minimum absolute atomic E-state index is 0. The summed E-state index contributed by atoms with van der Waals surface area (Å²) in [6, 6.07) is 3.04. The Hall–Kier alpha value is -1.39. The first kappa shape index (κ1) is 17.6. The zero-order valence-electron chi connectivity index (χ0n) is 10.9. The lowest BCUT2D eigenvalue weighted by atomic mass is 10.1. The molecule has 3 N–H and O–H groups in total. The molecule has 1 aromatic carbocycles. The molecule has 19 heavy (non-hydrogen) atoms. The predicted molar refractivity (Wildman–Crippen MR) is 81.4 cm³/mol. The minimum Gasteiger partial charge on any atom is -0.496 e. The highest BCUT2D eigenvalue weighted by atomic mass is 35.5. The summed E-state index contributed by atoms with van der Waals surface area (Å²) >= 11 is 5.91. The smallest absolute Gasteiger partial charge is 0.255 e. The van der Waals surface area contributed by atoms with E-state index in [2.05, 4.69) is 11.9 Å². The van der Waals surface area contributed by atoms with Crippen LogP contribution in [0.2, 0.25) is 5.02 Å². The van der Waals surface area contributed by atoms with Crippen molar-refractivity contribution < 1.29 is 9.53 Å². The maximum Gasteiger partial charge on any atom is 0.255 e. The third-order valence-corrected chi connectivity index (χ3v) is 2.79. The van der Waals surface area contributed by atoms with Gasteiger partial charge < -0.3 is 15.8 Å². The summed E-state index contributed by atoms with van der Waals surface area (Å²) in [5.41, 5.74) is 6.40. The molecule has 1 rings (SSSR count). The van der Waals surface area contributed by atoms with E-state index in [1.807, 2.05) is 6.92 Å². The number of nitrogens with one attached hydrogen (secondary N) is 1. The van der Waals surface area contributed by atoms with E-state index in [0.29, 0.717) is 28.4 Å². The highest BCUT2D eigenvalue weighted by Gasteiger charge is 2.16. The van der Waals surface area contributed by atoms with Gasteiger partial charge in [0, 0.05) is 12.1 Å². The number of nitrogens with two attached hydrogens (primary N) is 1. The molecule has 0 bridgehead atoms. The van der Waals surface area contributed by atoms with Crippen LogP contribution in [0.25, 0.3) is 0 Å². The Morgan fingerprint density at radius 3 is 2.79 bits per heavy atom. The molecule has 6 heteroatoms. The zero-order chi connectivity index (χ0) is 13.7. The van der Waals surface area contributed by atoms with E-state index in [-0.39, 0.29) is 24.4 Å². The average Bonchev–Trinajstić information content (AvgIpc) is 2.32. The molecule has 1 aromatic rings. The number of ether oxygens (including phenoxy) is 1. The molecule has 0 aliphatic carbocycles. The van der Waals surface area contributed by atoms with Crippen LogP contribution in [0.4, 0.5) is 5.69 Å². The van der Waals surface area contributed by atoms with Gasteiger partial charge in [0.05, 0.1) is 23.4 Å². The fourth-order valence-electron chi connectivity index (χ4n) is 1.53. The number of amides is 1. The normalized spacial score (nSPS) is 11.1. The van der Waals surface area contributed by atoms with Crippen molar-refractivity contribution in [3.63, 3.8) is 0 Å². The number of methoxy groups -OCH3 is 1. The lowest BCUT2D eigenvalue weighted by Gasteiger charge is -2.14. The molecule has 0 radical (unpaired) electrons. The molecule has 0 aliphatic heterocycles. The SMILES string of the molecule is C=CCC(C)NC(=O)c1cc(Cl)c(N)cc1OC.Cl. The third-order valence-electron chi connectivity index (χ3n) is 2.46. The highest BCUT2D eigenvalue weighted by Crippen LogP contribution is 2.28. The van der Waals surface area contributed by atoms with Crippen LogP contribution in [0.3, 0.4) is 0 Å². The van der Waals surface area contributed by atoms with Crippen molar-refractivity contribution >= 4 is 35.6 Å². The molecule has 1 amide bonds. The maximum absolute atomic E-state index is 12.0. The first-order valence-electron chi connectivity index (χ1n) is 5.54. The Morgan fingerprint density at radius 2 is 2.26 bits per heavy atom. The number of nitrogen functional groups attached to an aromatic ring is 1. The van der Waals surface area contributed by atoms with Crippen LogP contribution < -0.4 is 15.8 Å². The van der Waals surface area contributed by atoms with Gasteiger partial charge in [-0.2, -0.15) is 0 Å². The van der Waals surface area contributed by atoms with Crippen molar-refractivity contribution in [2.45, 2.75) is 19.4 Å². The highest BCUT2D eigenvalue weighted by molar-refractivity contribution is 6.33. The van der Waals surface area contributed by atoms with Gasteiger partial charge in [0.1, 0.15) is 5.75 Å². The summed E-state index contributed by atoms with van der Waals surface area (Å²) in [7, 11) is 1.48. The summed E-state index contributed by atoms with van der Waals surface area (Å²) in [5, 5.41) is 3.16. The van der Waals surface area contributed by atoms with E-state index in [9.17, 15) is 4.79 Å². The summed E-state index contributed by atoms with van der Waals surface area (Å²) < 4.78 is 5.12. The lowest BCUT2D eigenvalue weighted by Crippen LogP contribution is -2.32. The third kappa shape index (κ3) is 4.65. The predicted octanol–water partition coefficient (Wildman–Crippen LogP) is 3.05. The van der Waals surface area contributed by atoms with Gasteiger partial charge in [-0.25, -0.2) is 0 Å². The average molecular weight is 305 g/mol. The second-order valence-corrected chi connectivity index (χ2v) is 4.38. The molecular weight excluding hydrogens is 287 g/mol. The number of anilines is 1. The molecular formula is C13H18Cl2N2O2. The molecule has 0 saturated heterocycles. The summed E-state index contributed by atoms with van der Waals surface area (Å²) in [6.07, 6.45) is 2.44. The van der Waals surface area contributed by atoms with Crippen molar-refractivity contribution in [2.75, 3.05) is 12.8 Å². The molecule has 1 atom stereocenters. The Labute approximate surface area is 124 Å². The minimum atomic E-state index is -0.247. The lowest BCUT2D eigenvalue weighted by molar-refractivity contribution is 0.0937. The van der Waals surface area contributed by atoms with Crippen LogP contribution in [-0.2, 0) is 0 Å².